The van der Waals surface area contributed by atoms with Crippen LogP contribution in [0.4, 0.5) is 0 Å². The van der Waals surface area contributed by atoms with E-state index >= 15 is 0 Å². The first-order valence-corrected chi connectivity index (χ1v) is 2.50. The van der Waals surface area contributed by atoms with Gasteiger partial charge in [-0.2, -0.15) is 0 Å². The van der Waals surface area contributed by atoms with Gasteiger partial charge in [-0.3, -0.25) is 4.79 Å². The topological polar surface area (TPSA) is 57.5 Å². The maximum Gasteiger partial charge on any atom is 0.305 e. The van der Waals surface area contributed by atoms with Crippen molar-refractivity contribution in [2.75, 3.05) is 0 Å². The van der Waals surface area contributed by atoms with E-state index in [1.807, 2.05) is 0 Å². The van der Waals surface area contributed by atoms with Crippen molar-refractivity contribution in [3.05, 3.63) is 0 Å². The molecule has 0 bridgehead atoms. The second-order valence-corrected chi connectivity index (χ2v) is 1.33. The lowest BCUT2D eigenvalue weighted by Gasteiger charge is -2.05. The number of aliphatic hydroxyl groups is 1. The van der Waals surface area contributed by atoms with Crippen LogP contribution in [0.2, 0.25) is 0 Å². The summed E-state index contributed by atoms with van der Waals surface area (Å²) < 4.78 is 87.9. The highest BCUT2D eigenvalue weighted by atomic mass is 16.4. The van der Waals surface area contributed by atoms with Gasteiger partial charge in [-0.25, -0.2) is 0 Å². The Labute approximate surface area is 83.9 Å². The summed E-state index contributed by atoms with van der Waals surface area (Å²) in [6, 6.07) is 0. The average molecular weight is 172 g/mol. The van der Waals surface area contributed by atoms with Crippen LogP contribution in [0.15, 0.2) is 0 Å². The fourth-order valence-corrected chi connectivity index (χ4v) is 0.267. The molecular weight excluding hydrogens is 144 g/mol. The summed E-state index contributed by atoms with van der Waals surface area (Å²) in [6.45, 7) is -1.34. The molecule has 0 aromatic heterocycles. The predicted molar refractivity (Wildman–Crippen MR) is 42.4 cm³/mol. The molecule has 0 spiro atoms. The minimum atomic E-state index is -4.30. The van der Waals surface area contributed by atoms with Crippen LogP contribution in [0.5, 0.6) is 0 Å². The van der Waals surface area contributed by atoms with Crippen molar-refractivity contribution >= 4 is 5.97 Å². The molecule has 3 heteroatoms. The molecule has 0 saturated carbocycles. The molecule has 0 radical (unpaired) electrons. The van der Waals surface area contributed by atoms with Gasteiger partial charge in [-0.1, -0.05) is 26.0 Å². The van der Waals surface area contributed by atoms with E-state index in [2.05, 4.69) is 0 Å². The lowest BCUT2D eigenvalue weighted by Crippen LogP contribution is -2.12. The Balaban J connectivity index is 6.34. The van der Waals surface area contributed by atoms with Crippen LogP contribution in [0, 0.1) is 0 Å². The lowest BCUT2D eigenvalue weighted by atomic mass is 10.1. The van der Waals surface area contributed by atoms with E-state index in [1.54, 1.807) is 0 Å². The van der Waals surface area contributed by atoms with E-state index in [1.165, 1.54) is 0 Å². The molecule has 11 heavy (non-hydrogen) atoms. The molecule has 0 fully saturated rings. The monoisotopic (exact) mass is 172 g/mol. The zero-order chi connectivity index (χ0) is 19.3. The van der Waals surface area contributed by atoms with Crippen molar-refractivity contribution in [3.63, 3.8) is 0 Å². The van der Waals surface area contributed by atoms with Gasteiger partial charge in [0.05, 0.1) is 13.8 Å². The predicted octanol–water partition coefficient (Wildman–Crippen LogP) is 1.40. The highest BCUT2D eigenvalue weighted by Crippen LogP contribution is 2.05. The second-order valence-electron chi connectivity index (χ2n) is 1.33. The van der Waals surface area contributed by atoms with Crippen molar-refractivity contribution in [3.8, 4) is 0 Å². The van der Waals surface area contributed by atoms with Crippen molar-refractivity contribution in [1.29, 1.82) is 0 Å². The van der Waals surface area contributed by atoms with E-state index in [0.29, 0.717) is 0 Å². The fourth-order valence-electron chi connectivity index (χ4n) is 0.267. The van der Waals surface area contributed by atoms with Gasteiger partial charge in [0.25, 0.3) is 0 Å². The maximum absolute atomic E-state index is 10.8. The Bertz CT molecular complexity index is 471. The molecule has 3 nitrogen and oxygen atoms in total. The van der Waals surface area contributed by atoms with Gasteiger partial charge in [-0.05, 0) is 6.37 Å². The first-order valence-electron chi connectivity index (χ1n) is 8.71. The van der Waals surface area contributed by atoms with Crippen LogP contribution in [0.3, 0.4) is 0 Å². The first kappa shape index (κ1) is 2.02. The Morgan fingerprint density at radius 1 is 1.82 bits per heavy atom. The molecule has 1 atom stereocenters. The number of carboxylic acid groups (broad SMARTS) is 1. The molecule has 66 valence electrons. The molecule has 0 aromatic carbocycles. The first-order chi connectivity index (χ1) is 9.75. The van der Waals surface area contributed by atoms with E-state index in [-0.39, 0.29) is 0 Å². The smallest absolute Gasteiger partial charge is 0.305 e. The molecular formula is C8H16O3. The van der Waals surface area contributed by atoms with Crippen LogP contribution >= 0.6 is 0 Å². The summed E-state index contributed by atoms with van der Waals surface area (Å²) in [5.41, 5.74) is 0. The molecule has 0 amide bonds. The Morgan fingerprint density at radius 3 is 3.09 bits per heavy atom. The van der Waals surface area contributed by atoms with Crippen LogP contribution < -0.4 is 0 Å². The van der Waals surface area contributed by atoms with Crippen LogP contribution in [-0.4, -0.2) is 22.3 Å². The van der Waals surface area contributed by atoms with E-state index in [0.717, 1.165) is 0 Å². The Kier molecular flexibility index (Phi) is 1.13. The Hall–Kier alpha value is -0.570. The van der Waals surface area contributed by atoms with Gasteiger partial charge in [0.15, 0.2) is 0 Å². The molecule has 0 saturated heterocycles. The number of rotatable bonds is 6. The summed E-state index contributed by atoms with van der Waals surface area (Å²) in [5, 5.41) is 18.4. The largest absolute Gasteiger partial charge is 0.481 e. The van der Waals surface area contributed by atoms with Gasteiger partial charge >= 0.3 is 5.97 Å². The van der Waals surface area contributed by atoms with Gasteiger partial charge in [0.2, 0.25) is 0 Å². The molecule has 0 aromatic rings. The third-order valence-electron chi connectivity index (χ3n) is 0.557. The van der Waals surface area contributed by atoms with E-state index < -0.39 is 50.8 Å². The Morgan fingerprint density at radius 2 is 2.55 bits per heavy atom. The van der Waals surface area contributed by atoms with Crippen LogP contribution in [-0.2, 0) is 4.79 Å². The molecule has 1 unspecified atom stereocenters. The van der Waals surface area contributed by atoms with Gasteiger partial charge in [0, 0.05) is 15.1 Å². The van der Waals surface area contributed by atoms with Crippen molar-refractivity contribution in [2.45, 2.75) is 44.8 Å². The number of hydrogen-bond donors (Lipinski definition) is 2. The number of carbonyl (C=O) groups is 1. The SMILES string of the molecule is [2H]CC([2H])([2H])C([2H])([2H])C([2H])([2H])C([2H])([2H])C([2H])(O)C([2H])([2H])C(=O)O. The summed E-state index contributed by atoms with van der Waals surface area (Å²) in [5.74, 6) is -2.49. The third kappa shape index (κ3) is 7.33. The molecule has 0 aliphatic rings. The van der Waals surface area contributed by atoms with Gasteiger partial charge < -0.3 is 10.2 Å². The summed E-state index contributed by atoms with van der Waals surface area (Å²) >= 11 is 0. The van der Waals surface area contributed by atoms with Crippen LogP contribution in [0.25, 0.3) is 0 Å². The number of aliphatic carboxylic acids is 1. The second kappa shape index (κ2) is 6.16. The zero-order valence-corrected chi connectivity index (χ0v) is 5.51. The van der Waals surface area contributed by atoms with Gasteiger partial charge in [-0.15, -0.1) is 0 Å². The molecule has 0 rings (SSSR count). The van der Waals surface area contributed by atoms with E-state index in [9.17, 15) is 9.90 Å². The van der Waals surface area contributed by atoms with Crippen molar-refractivity contribution < 1.29 is 31.5 Å². The molecule has 0 aliphatic carbocycles. The van der Waals surface area contributed by atoms with Gasteiger partial charge in [0.1, 0.15) is 0 Å². The summed E-state index contributed by atoms with van der Waals surface area (Å²) in [4.78, 5) is 10.8. The summed E-state index contributed by atoms with van der Waals surface area (Å²) in [6.07, 6.45) is -23.7. The van der Waals surface area contributed by atoms with E-state index in [4.69, 9.17) is 21.6 Å². The van der Waals surface area contributed by atoms with Crippen LogP contribution in [0.1, 0.15) is 55.2 Å². The molecule has 2 N–H and O–H groups in total. The summed E-state index contributed by atoms with van der Waals surface area (Å²) in [7, 11) is 0. The number of carboxylic acids is 1. The maximum atomic E-state index is 10.8. The number of hydrogen-bond acceptors (Lipinski definition) is 2. The van der Waals surface area contributed by atoms with Crippen molar-refractivity contribution in [2.24, 2.45) is 0 Å². The molecule has 0 heterocycles. The standard InChI is InChI=1S/C8H16O3/c1-2-3-4-5-7(9)6-8(10)11/h7,9H,2-6H2,1H3,(H,10,11)/i1D,2D2,3D2,4D2,5D2,6D2,7D. The quantitative estimate of drug-likeness (QED) is 0.636. The van der Waals surface area contributed by atoms with Crippen molar-refractivity contribution in [1.82, 2.24) is 0 Å². The molecule has 0 aliphatic heterocycles. The average Bonchev–Trinajstić information content (AvgIpc) is 2.37. The minimum absolute atomic E-state index is 1.34. The minimum Gasteiger partial charge on any atom is -0.481 e. The normalized spacial score (nSPS) is 38.3. The highest BCUT2D eigenvalue weighted by Gasteiger charge is 2.07. The lowest BCUT2D eigenvalue weighted by molar-refractivity contribution is -0.139. The highest BCUT2D eigenvalue weighted by molar-refractivity contribution is 5.67. The zero-order valence-electron chi connectivity index (χ0n) is 17.5. The fraction of sp³-hybridized carbons (Fsp3) is 0.875. The third-order valence-corrected chi connectivity index (χ3v) is 0.557.